The van der Waals surface area contributed by atoms with Gasteiger partial charge in [-0.2, -0.15) is 0 Å². The molecule has 0 fully saturated rings. The first-order valence-corrected chi connectivity index (χ1v) is 8.34. The molecule has 0 saturated carbocycles. The van der Waals surface area contributed by atoms with Gasteiger partial charge >= 0.3 is 0 Å². The first-order chi connectivity index (χ1) is 11.5. The van der Waals surface area contributed by atoms with Crippen molar-refractivity contribution in [3.63, 3.8) is 0 Å². The molecule has 1 aliphatic carbocycles. The van der Waals surface area contributed by atoms with E-state index in [0.717, 1.165) is 0 Å². The van der Waals surface area contributed by atoms with E-state index < -0.39 is 0 Å². The van der Waals surface area contributed by atoms with Gasteiger partial charge in [-0.3, -0.25) is 0 Å². The Labute approximate surface area is 143 Å². The molecule has 0 aliphatic heterocycles. The van der Waals surface area contributed by atoms with E-state index in [-0.39, 0.29) is 5.41 Å². The lowest BCUT2D eigenvalue weighted by atomic mass is 9.81. The molecule has 0 spiro atoms. The maximum atomic E-state index is 5.43. The Morgan fingerprint density at radius 3 is 2.50 bits per heavy atom. The molecular formula is C24H20. The minimum Gasteiger partial charge on any atom is -0.115 e. The van der Waals surface area contributed by atoms with Crippen LogP contribution in [-0.4, -0.2) is 0 Å². The van der Waals surface area contributed by atoms with E-state index in [9.17, 15) is 0 Å². The third-order valence-electron chi connectivity index (χ3n) is 5.53. The van der Waals surface area contributed by atoms with Gasteiger partial charge in [0.15, 0.2) is 0 Å². The van der Waals surface area contributed by atoms with Crippen LogP contribution < -0.4 is 0 Å². The molecule has 116 valence electrons. The van der Waals surface area contributed by atoms with Crippen LogP contribution in [-0.2, 0) is 5.41 Å². The van der Waals surface area contributed by atoms with E-state index >= 15 is 0 Å². The highest BCUT2D eigenvalue weighted by molar-refractivity contribution is 6.09. The molecule has 0 bridgehead atoms. The van der Waals surface area contributed by atoms with Gasteiger partial charge in [-0.05, 0) is 69.5 Å². The topological polar surface area (TPSA) is 0 Å². The fraction of sp³-hybridized carbons (Fsp3) is 0.167. The highest BCUT2D eigenvalue weighted by atomic mass is 14.4. The highest BCUT2D eigenvalue weighted by Gasteiger charge is 2.34. The molecule has 0 amide bonds. The minimum atomic E-state index is 0.0226. The number of allylic oxidation sites excluding steroid dienone is 4. The number of benzene rings is 3. The molecule has 4 rings (SSSR count). The second kappa shape index (κ2) is 5.11. The molecule has 0 heteroatoms. The zero-order chi connectivity index (χ0) is 16.9. The maximum absolute atomic E-state index is 5.43. The van der Waals surface area contributed by atoms with Gasteiger partial charge in [0, 0.05) is 5.41 Å². The molecule has 0 N–H and O–H groups in total. The Kier molecular flexibility index (Phi) is 3.15. The normalized spacial score (nSPS) is 16.1. The van der Waals surface area contributed by atoms with Crippen molar-refractivity contribution in [3.05, 3.63) is 77.4 Å². The standard InChI is InChI=1S/C24H20/c1-5-6-10-19-16(2)24(3,4)23-15-21-18(14-22(19)23)13-12-17-9-7-8-11-20(17)21/h1,6-15H,2-4H3/b10-6-. The third-order valence-corrected chi connectivity index (χ3v) is 5.53. The van der Waals surface area contributed by atoms with E-state index in [1.807, 2.05) is 0 Å². The fourth-order valence-corrected chi connectivity index (χ4v) is 3.88. The molecule has 0 atom stereocenters. The van der Waals surface area contributed by atoms with Gasteiger partial charge < -0.3 is 0 Å². The Morgan fingerprint density at radius 1 is 0.958 bits per heavy atom. The summed E-state index contributed by atoms with van der Waals surface area (Å²) in [6, 6.07) is 17.7. The van der Waals surface area contributed by atoms with Crippen LogP contribution in [0.2, 0.25) is 0 Å². The van der Waals surface area contributed by atoms with Crippen molar-refractivity contribution in [2.24, 2.45) is 0 Å². The molecule has 0 radical (unpaired) electrons. The van der Waals surface area contributed by atoms with Gasteiger partial charge in [0.2, 0.25) is 0 Å². The zero-order valence-electron chi connectivity index (χ0n) is 14.4. The van der Waals surface area contributed by atoms with E-state index in [1.54, 1.807) is 6.08 Å². The summed E-state index contributed by atoms with van der Waals surface area (Å²) in [5.41, 5.74) is 5.37. The highest BCUT2D eigenvalue weighted by Crippen LogP contribution is 2.48. The Bertz CT molecular complexity index is 1080. The van der Waals surface area contributed by atoms with Crippen molar-refractivity contribution in [1.82, 2.24) is 0 Å². The van der Waals surface area contributed by atoms with Gasteiger partial charge in [0.1, 0.15) is 0 Å². The largest absolute Gasteiger partial charge is 0.115 e. The van der Waals surface area contributed by atoms with Crippen LogP contribution in [0.25, 0.3) is 27.1 Å². The molecule has 0 heterocycles. The van der Waals surface area contributed by atoms with Crippen LogP contribution in [0, 0.1) is 12.3 Å². The van der Waals surface area contributed by atoms with Crippen molar-refractivity contribution in [1.29, 1.82) is 0 Å². The van der Waals surface area contributed by atoms with Crippen LogP contribution >= 0.6 is 0 Å². The van der Waals surface area contributed by atoms with Crippen molar-refractivity contribution >= 4 is 27.1 Å². The average molecular weight is 308 g/mol. The number of fused-ring (bicyclic) bond motifs is 4. The average Bonchev–Trinajstić information content (AvgIpc) is 2.78. The summed E-state index contributed by atoms with van der Waals surface area (Å²) in [6.45, 7) is 6.82. The lowest BCUT2D eigenvalue weighted by Gasteiger charge is -2.23. The number of hydrogen-bond donors (Lipinski definition) is 0. The summed E-state index contributed by atoms with van der Waals surface area (Å²) in [6.07, 6.45) is 9.31. The van der Waals surface area contributed by atoms with E-state index in [4.69, 9.17) is 6.42 Å². The van der Waals surface area contributed by atoms with Crippen LogP contribution in [0.1, 0.15) is 31.9 Å². The minimum absolute atomic E-state index is 0.0226. The van der Waals surface area contributed by atoms with E-state index in [2.05, 4.69) is 81.3 Å². The monoisotopic (exact) mass is 308 g/mol. The summed E-state index contributed by atoms with van der Waals surface area (Å²) in [5, 5.41) is 5.22. The summed E-state index contributed by atoms with van der Waals surface area (Å²) in [5.74, 6) is 2.62. The molecule has 24 heavy (non-hydrogen) atoms. The molecule has 0 saturated heterocycles. The lowest BCUT2D eigenvalue weighted by molar-refractivity contribution is 0.640. The molecule has 0 aromatic heterocycles. The van der Waals surface area contributed by atoms with Crippen LogP contribution in [0.5, 0.6) is 0 Å². The van der Waals surface area contributed by atoms with Gasteiger partial charge in [-0.25, -0.2) is 0 Å². The molecule has 3 aromatic rings. The second-order valence-corrected chi connectivity index (χ2v) is 7.07. The predicted octanol–water partition coefficient (Wildman–Crippen LogP) is 6.25. The first kappa shape index (κ1) is 14.8. The van der Waals surface area contributed by atoms with Crippen LogP contribution in [0.15, 0.2) is 66.3 Å². The van der Waals surface area contributed by atoms with Crippen LogP contribution in [0.3, 0.4) is 0 Å². The Hall–Kier alpha value is -2.78. The van der Waals surface area contributed by atoms with Gasteiger partial charge in [-0.1, -0.05) is 61.7 Å². The Balaban J connectivity index is 2.08. The molecule has 0 nitrogen and oxygen atoms in total. The third kappa shape index (κ3) is 1.95. The summed E-state index contributed by atoms with van der Waals surface area (Å²) >= 11 is 0. The van der Waals surface area contributed by atoms with Crippen molar-refractivity contribution in [2.75, 3.05) is 0 Å². The smallest absolute Gasteiger partial charge is 0.0118 e. The predicted molar refractivity (Wildman–Crippen MR) is 105 cm³/mol. The lowest BCUT2D eigenvalue weighted by Crippen LogP contribution is -2.15. The summed E-state index contributed by atoms with van der Waals surface area (Å²) < 4.78 is 0. The fourth-order valence-electron chi connectivity index (χ4n) is 3.88. The van der Waals surface area contributed by atoms with E-state index in [1.165, 1.54) is 43.8 Å². The zero-order valence-corrected chi connectivity index (χ0v) is 14.4. The molecular weight excluding hydrogens is 288 g/mol. The molecule has 0 unspecified atom stereocenters. The van der Waals surface area contributed by atoms with Gasteiger partial charge in [-0.15, -0.1) is 6.42 Å². The van der Waals surface area contributed by atoms with Crippen LogP contribution in [0.4, 0.5) is 0 Å². The van der Waals surface area contributed by atoms with Crippen molar-refractivity contribution in [3.8, 4) is 12.3 Å². The second-order valence-electron chi connectivity index (χ2n) is 7.07. The maximum Gasteiger partial charge on any atom is 0.0118 e. The van der Waals surface area contributed by atoms with E-state index in [0.29, 0.717) is 0 Å². The SMILES string of the molecule is C#C/C=C\C1=C(C)C(C)(C)c2cc3c(ccc4ccccc43)cc21. The number of rotatable bonds is 1. The first-order valence-electron chi connectivity index (χ1n) is 8.34. The van der Waals surface area contributed by atoms with Crippen molar-refractivity contribution < 1.29 is 0 Å². The van der Waals surface area contributed by atoms with Gasteiger partial charge in [0.25, 0.3) is 0 Å². The Morgan fingerprint density at radius 2 is 1.71 bits per heavy atom. The summed E-state index contributed by atoms with van der Waals surface area (Å²) in [7, 11) is 0. The molecule has 1 aliphatic rings. The quantitative estimate of drug-likeness (QED) is 0.368. The summed E-state index contributed by atoms with van der Waals surface area (Å²) in [4.78, 5) is 0. The van der Waals surface area contributed by atoms with Crippen molar-refractivity contribution in [2.45, 2.75) is 26.2 Å². The number of hydrogen-bond acceptors (Lipinski definition) is 0. The number of terminal acetylenes is 1. The van der Waals surface area contributed by atoms with Gasteiger partial charge in [0.05, 0.1) is 0 Å². The molecule has 3 aromatic carbocycles.